The normalized spacial score (nSPS) is 10.6. The average Bonchev–Trinajstić information content (AvgIpc) is 3.74. The summed E-state index contributed by atoms with van der Waals surface area (Å²) in [6, 6.07) is 28.1. The number of carbonyl (C=O) groups excluding carboxylic acids is 2. The second-order valence-electron chi connectivity index (χ2n) is 16.8. The van der Waals surface area contributed by atoms with Crippen molar-refractivity contribution in [1.82, 2.24) is 0 Å². The lowest BCUT2D eigenvalue weighted by atomic mass is 10.1. The number of thiophene rings is 1. The number of hydrogen-bond acceptors (Lipinski definition) is 11. The van der Waals surface area contributed by atoms with Crippen molar-refractivity contribution in [2.24, 2.45) is 0 Å². The van der Waals surface area contributed by atoms with Crippen molar-refractivity contribution in [3.63, 3.8) is 0 Å². The molecule has 0 bridgehead atoms. The highest BCUT2D eigenvalue weighted by Crippen LogP contribution is 2.37. The second kappa shape index (κ2) is 29.9. The third-order valence-electron chi connectivity index (χ3n) is 11.2. The van der Waals surface area contributed by atoms with Gasteiger partial charge in [0.25, 0.3) is 0 Å². The number of nitriles is 2. The lowest BCUT2D eigenvalue weighted by molar-refractivity contribution is 0.0724. The molecule has 5 aromatic rings. The fraction of sp³-hybridized carbons (Fsp3) is 0.414. The molecular weight excluding hydrogens is 885 g/mol. The molecular formula is C58H66N2O8S. The van der Waals surface area contributed by atoms with E-state index in [4.69, 9.17) is 28.4 Å². The number of ether oxygens (including phenoxy) is 6. The third kappa shape index (κ3) is 17.1. The van der Waals surface area contributed by atoms with Crippen LogP contribution in [0.25, 0.3) is 10.4 Å². The lowest BCUT2D eigenvalue weighted by Gasteiger charge is -2.14. The minimum atomic E-state index is -0.547. The molecule has 69 heavy (non-hydrogen) atoms. The van der Waals surface area contributed by atoms with Gasteiger partial charge in [0.1, 0.15) is 23.6 Å². The number of esters is 2. The van der Waals surface area contributed by atoms with Gasteiger partial charge in [-0.3, -0.25) is 0 Å². The Kier molecular flexibility index (Phi) is 23.1. The van der Waals surface area contributed by atoms with Crippen molar-refractivity contribution in [2.75, 3.05) is 26.4 Å². The van der Waals surface area contributed by atoms with Gasteiger partial charge in [0.05, 0.1) is 58.4 Å². The van der Waals surface area contributed by atoms with Gasteiger partial charge < -0.3 is 28.4 Å². The van der Waals surface area contributed by atoms with Crippen LogP contribution in [0.2, 0.25) is 0 Å². The molecule has 5 rings (SSSR count). The molecule has 362 valence electrons. The largest absolute Gasteiger partial charge is 0.490 e. The third-order valence-corrected chi connectivity index (χ3v) is 12.4. The molecule has 0 amide bonds. The highest BCUT2D eigenvalue weighted by molar-refractivity contribution is 7.16. The standard InChI is InChI=1S/C58H66N2O8S/c1-5-9-13-17-35-63-51-32-26-45(39-53(51)65-37-19-15-11-7-3)57(61)67-47-28-21-43(22-29-47)23-34-55-49(41-59)50(42-60)56(69-55)44-24-30-48(31-25-44)68-58(62)46-27-33-52(64-36-18-14-10-6-2)54(40-46)66-38-20-16-12-8-4/h21-22,24-33,39-40H,5-20,35-38H2,1-4H3. The van der Waals surface area contributed by atoms with Gasteiger partial charge in [-0.05, 0) is 122 Å². The predicted molar refractivity (Wildman–Crippen MR) is 273 cm³/mol. The van der Waals surface area contributed by atoms with Gasteiger partial charge in [-0.25, -0.2) is 9.59 Å². The van der Waals surface area contributed by atoms with E-state index < -0.39 is 11.9 Å². The highest BCUT2D eigenvalue weighted by Gasteiger charge is 2.20. The van der Waals surface area contributed by atoms with E-state index in [0.29, 0.717) is 92.9 Å². The van der Waals surface area contributed by atoms with Crippen molar-refractivity contribution in [1.29, 1.82) is 10.5 Å². The topological polar surface area (TPSA) is 137 Å². The van der Waals surface area contributed by atoms with Gasteiger partial charge in [-0.15, -0.1) is 11.3 Å². The van der Waals surface area contributed by atoms with Crippen LogP contribution in [0.3, 0.4) is 0 Å². The van der Waals surface area contributed by atoms with Crippen LogP contribution in [0, 0.1) is 34.5 Å². The van der Waals surface area contributed by atoms with Crippen molar-refractivity contribution in [3.8, 4) is 68.9 Å². The summed E-state index contributed by atoms with van der Waals surface area (Å²) < 4.78 is 35.8. The zero-order valence-electron chi connectivity index (χ0n) is 40.8. The van der Waals surface area contributed by atoms with Crippen molar-refractivity contribution in [2.45, 2.75) is 130 Å². The summed E-state index contributed by atoms with van der Waals surface area (Å²) in [6.45, 7) is 10.9. The number of unbranched alkanes of at least 4 members (excludes halogenated alkanes) is 12. The summed E-state index contributed by atoms with van der Waals surface area (Å²) >= 11 is 1.23. The summed E-state index contributed by atoms with van der Waals surface area (Å²) in [5, 5.41) is 20.3. The first-order valence-corrected chi connectivity index (χ1v) is 25.6. The predicted octanol–water partition coefficient (Wildman–Crippen LogP) is 14.8. The molecule has 0 spiro atoms. The second-order valence-corrected chi connectivity index (χ2v) is 17.8. The molecule has 0 unspecified atom stereocenters. The van der Waals surface area contributed by atoms with E-state index >= 15 is 0 Å². The molecule has 0 aliphatic heterocycles. The minimum Gasteiger partial charge on any atom is -0.490 e. The molecule has 0 atom stereocenters. The van der Waals surface area contributed by atoms with Crippen LogP contribution in [0.4, 0.5) is 0 Å². The van der Waals surface area contributed by atoms with E-state index in [1.165, 1.54) is 11.3 Å². The van der Waals surface area contributed by atoms with Gasteiger partial charge in [0, 0.05) is 5.56 Å². The van der Waals surface area contributed by atoms with Crippen LogP contribution >= 0.6 is 11.3 Å². The number of benzene rings is 4. The van der Waals surface area contributed by atoms with E-state index in [-0.39, 0.29) is 11.1 Å². The summed E-state index contributed by atoms with van der Waals surface area (Å²) in [4.78, 5) is 27.6. The molecule has 10 nitrogen and oxygen atoms in total. The molecule has 4 aromatic carbocycles. The van der Waals surface area contributed by atoms with Gasteiger partial charge >= 0.3 is 11.9 Å². The zero-order chi connectivity index (χ0) is 49.1. The van der Waals surface area contributed by atoms with Gasteiger partial charge in [0.2, 0.25) is 0 Å². The minimum absolute atomic E-state index is 0.181. The molecule has 1 heterocycles. The van der Waals surface area contributed by atoms with E-state index in [1.807, 2.05) is 0 Å². The molecule has 0 saturated heterocycles. The Bertz CT molecular complexity index is 2540. The molecule has 0 N–H and O–H groups in total. The Balaban J connectivity index is 1.23. The first-order chi connectivity index (χ1) is 33.8. The summed E-state index contributed by atoms with van der Waals surface area (Å²) in [7, 11) is 0. The first-order valence-electron chi connectivity index (χ1n) is 24.7. The Labute approximate surface area is 413 Å². The Morgan fingerprint density at radius 3 is 1.28 bits per heavy atom. The zero-order valence-corrected chi connectivity index (χ0v) is 41.6. The first kappa shape index (κ1) is 53.2. The van der Waals surface area contributed by atoms with Crippen LogP contribution in [-0.2, 0) is 0 Å². The molecule has 0 saturated carbocycles. The van der Waals surface area contributed by atoms with Gasteiger partial charge in [-0.1, -0.05) is 111 Å². The van der Waals surface area contributed by atoms with Crippen molar-refractivity contribution >= 4 is 23.3 Å². The van der Waals surface area contributed by atoms with Crippen LogP contribution in [0.1, 0.15) is 173 Å². The van der Waals surface area contributed by atoms with Crippen molar-refractivity contribution < 1.29 is 38.0 Å². The van der Waals surface area contributed by atoms with E-state index in [1.54, 1.807) is 84.9 Å². The quantitative estimate of drug-likeness (QED) is 0.0197. The SMILES string of the molecule is CCCCCCOc1ccc(C(=O)Oc2ccc(C#Cc3sc(-c4ccc(OC(=O)c5ccc(OCCCCCC)c(OCCCCCC)c5)cc4)c(C#N)c3C#N)cc2)cc1OCCCCCC. The molecule has 0 radical (unpaired) electrons. The summed E-state index contributed by atoms with van der Waals surface area (Å²) in [6.07, 6.45) is 17.2. The Morgan fingerprint density at radius 1 is 0.464 bits per heavy atom. The van der Waals surface area contributed by atoms with Crippen molar-refractivity contribution in [3.05, 3.63) is 118 Å². The van der Waals surface area contributed by atoms with E-state index in [2.05, 4.69) is 51.7 Å². The maximum Gasteiger partial charge on any atom is 0.343 e. The number of hydrogen-bond donors (Lipinski definition) is 0. The Morgan fingerprint density at radius 2 is 0.870 bits per heavy atom. The fourth-order valence-electron chi connectivity index (χ4n) is 7.26. The molecule has 0 fully saturated rings. The van der Waals surface area contributed by atoms with E-state index in [9.17, 15) is 20.1 Å². The monoisotopic (exact) mass is 950 g/mol. The smallest absolute Gasteiger partial charge is 0.343 e. The molecule has 0 aliphatic carbocycles. The molecule has 1 aromatic heterocycles. The number of carbonyl (C=O) groups is 2. The van der Waals surface area contributed by atoms with Gasteiger partial charge in [-0.2, -0.15) is 10.5 Å². The maximum atomic E-state index is 13.4. The lowest BCUT2D eigenvalue weighted by Crippen LogP contribution is -2.10. The van der Waals surface area contributed by atoms with Crippen LogP contribution in [-0.4, -0.2) is 38.4 Å². The molecule has 11 heteroatoms. The van der Waals surface area contributed by atoms with E-state index in [0.717, 1.165) is 103 Å². The van der Waals surface area contributed by atoms with Gasteiger partial charge in [0.15, 0.2) is 23.0 Å². The molecule has 0 aliphatic rings. The van der Waals surface area contributed by atoms with Crippen LogP contribution in [0.15, 0.2) is 84.9 Å². The number of rotatable bonds is 29. The average molecular weight is 951 g/mol. The fourth-order valence-corrected chi connectivity index (χ4v) is 8.32. The number of nitrogens with zero attached hydrogens (tertiary/aromatic N) is 2. The van der Waals surface area contributed by atoms with Crippen LogP contribution < -0.4 is 28.4 Å². The highest BCUT2D eigenvalue weighted by atomic mass is 32.1. The summed E-state index contributed by atoms with van der Waals surface area (Å²) in [5.41, 5.74) is 2.35. The summed E-state index contributed by atoms with van der Waals surface area (Å²) in [5.74, 6) is 7.99. The van der Waals surface area contributed by atoms with Crippen LogP contribution in [0.5, 0.6) is 34.5 Å². The maximum absolute atomic E-state index is 13.4. The Hall–Kier alpha value is -6.74.